The Morgan fingerprint density at radius 1 is 1.18 bits per heavy atom. The second-order valence-electron chi connectivity index (χ2n) is 7.17. The van der Waals surface area contributed by atoms with Gasteiger partial charge >= 0.3 is 15.6 Å². The van der Waals surface area contributed by atoms with Crippen LogP contribution in [-0.2, 0) is 19.7 Å². The topological polar surface area (TPSA) is 46.6 Å². The predicted octanol–water partition coefficient (Wildman–Crippen LogP) is 5.33. The molecule has 152 valence electrons. The average molecular weight is 434 g/mol. The van der Waals surface area contributed by atoms with E-state index in [0.29, 0.717) is 12.0 Å². The number of hydrogen-bond acceptors (Lipinski definition) is 4. The molecule has 0 aromatic heterocycles. The number of alkyl halides is 3. The van der Waals surface area contributed by atoms with E-state index >= 15 is 0 Å². The van der Waals surface area contributed by atoms with E-state index in [-0.39, 0.29) is 22.6 Å². The lowest BCUT2D eigenvalue weighted by molar-refractivity contribution is -0.0523. The molecular weight excluding hydrogens is 415 g/mol. The maximum absolute atomic E-state index is 12.5. The van der Waals surface area contributed by atoms with E-state index < -0.39 is 15.6 Å². The number of rotatable bonds is 3. The van der Waals surface area contributed by atoms with Gasteiger partial charge < -0.3 is 9.08 Å². The normalized spacial score (nSPS) is 22.3. The fraction of sp³-hybridized carbons (Fsp3) is 0.368. The summed E-state index contributed by atoms with van der Waals surface area (Å²) in [4.78, 5) is 2.05. The van der Waals surface area contributed by atoms with Crippen LogP contribution < -0.4 is 4.90 Å². The van der Waals surface area contributed by atoms with Gasteiger partial charge in [0.15, 0.2) is 0 Å². The van der Waals surface area contributed by atoms with Crippen LogP contribution in [0, 0.1) is 0 Å². The first kappa shape index (κ1) is 20.8. The highest BCUT2D eigenvalue weighted by molar-refractivity contribution is 7.87. The number of likely N-dealkylation sites (N-methyl/N-ethyl adjacent to an activating group) is 1. The molecule has 0 saturated heterocycles. The van der Waals surface area contributed by atoms with Gasteiger partial charge in [0.1, 0.15) is 5.76 Å². The molecule has 0 N–H and O–H groups in total. The zero-order chi connectivity index (χ0) is 20.9. The van der Waals surface area contributed by atoms with E-state index in [1.807, 2.05) is 36.2 Å². The van der Waals surface area contributed by atoms with Crippen molar-refractivity contribution >= 4 is 27.4 Å². The smallest absolute Gasteiger partial charge is 0.379 e. The molecule has 0 saturated carbocycles. The Labute approximate surface area is 167 Å². The number of fused-ring (bicyclic) bond motifs is 1. The molecule has 4 nitrogen and oxygen atoms in total. The second kappa shape index (κ2) is 6.84. The third kappa shape index (κ3) is 3.43. The monoisotopic (exact) mass is 433 g/mol. The van der Waals surface area contributed by atoms with Crippen LogP contribution in [-0.4, -0.2) is 21.0 Å². The van der Waals surface area contributed by atoms with Gasteiger partial charge in [-0.25, -0.2) is 0 Å². The summed E-state index contributed by atoms with van der Waals surface area (Å²) in [5.74, 6) is -0.383. The van der Waals surface area contributed by atoms with Gasteiger partial charge in [-0.3, -0.25) is 0 Å². The largest absolute Gasteiger partial charge is 0.534 e. The first-order valence-electron chi connectivity index (χ1n) is 8.50. The van der Waals surface area contributed by atoms with E-state index in [2.05, 4.69) is 24.1 Å². The van der Waals surface area contributed by atoms with E-state index in [9.17, 15) is 21.6 Å². The summed E-state index contributed by atoms with van der Waals surface area (Å²) in [5, 5.41) is -0.0966. The number of para-hydroxylation sites is 1. The van der Waals surface area contributed by atoms with E-state index in [1.165, 1.54) is 0 Å². The molecule has 0 atom stereocenters. The van der Waals surface area contributed by atoms with Crippen molar-refractivity contribution < 1.29 is 25.8 Å². The van der Waals surface area contributed by atoms with Crippen molar-refractivity contribution in [3.63, 3.8) is 0 Å². The van der Waals surface area contributed by atoms with Crippen LogP contribution in [0.2, 0.25) is 0 Å². The summed E-state index contributed by atoms with van der Waals surface area (Å²) in [6.07, 6.45) is 3.85. The minimum atomic E-state index is -5.72. The molecular formula is C19H19ClF3NO3S. The van der Waals surface area contributed by atoms with Crippen LogP contribution in [0.25, 0.3) is 0 Å². The summed E-state index contributed by atoms with van der Waals surface area (Å²) in [7, 11) is -3.79. The Bertz CT molecular complexity index is 1010. The van der Waals surface area contributed by atoms with Gasteiger partial charge in [0.05, 0.1) is 5.03 Å². The van der Waals surface area contributed by atoms with Crippen molar-refractivity contribution in [3.05, 3.63) is 64.0 Å². The SMILES string of the molecule is CN1/C(=C\C=C2\CCC(OS(=O)(=O)C(F)(F)F)=C2Cl)C(C)(C)c2ccccc21. The van der Waals surface area contributed by atoms with Gasteiger partial charge in [-0.15, -0.1) is 0 Å². The lowest BCUT2D eigenvalue weighted by atomic mass is 9.83. The fourth-order valence-electron chi connectivity index (χ4n) is 3.54. The standard InChI is InChI=1S/C19H19ClF3NO3S/c1-18(2)13-6-4-5-7-14(13)24(3)16(18)11-9-12-8-10-15(17(12)20)27-28(25,26)19(21,22)23/h4-7,9,11H,8,10H2,1-3H3/b12-9-,16-11-. The van der Waals surface area contributed by atoms with Crippen molar-refractivity contribution in [2.24, 2.45) is 0 Å². The lowest BCUT2D eigenvalue weighted by Crippen LogP contribution is -2.25. The Morgan fingerprint density at radius 2 is 1.82 bits per heavy atom. The summed E-state index contributed by atoms with van der Waals surface area (Å²) in [6.45, 7) is 4.16. The Morgan fingerprint density at radius 3 is 2.43 bits per heavy atom. The van der Waals surface area contributed by atoms with Gasteiger partial charge in [0, 0.05) is 30.3 Å². The highest BCUT2D eigenvalue weighted by Crippen LogP contribution is 2.47. The molecule has 0 radical (unpaired) electrons. The molecule has 1 aromatic rings. The minimum Gasteiger partial charge on any atom is -0.379 e. The third-order valence-electron chi connectivity index (χ3n) is 5.02. The maximum atomic E-state index is 12.5. The third-order valence-corrected chi connectivity index (χ3v) is 6.47. The van der Waals surface area contributed by atoms with Crippen molar-refractivity contribution in [2.45, 2.75) is 37.6 Å². The van der Waals surface area contributed by atoms with Crippen molar-refractivity contribution in [1.82, 2.24) is 0 Å². The van der Waals surface area contributed by atoms with E-state index in [4.69, 9.17) is 11.6 Å². The minimum absolute atomic E-state index is 0.0113. The molecule has 0 amide bonds. The van der Waals surface area contributed by atoms with Gasteiger partial charge in [-0.05, 0) is 29.7 Å². The second-order valence-corrected chi connectivity index (χ2v) is 9.08. The number of benzene rings is 1. The Kier molecular flexibility index (Phi) is 5.08. The molecule has 9 heteroatoms. The molecule has 0 unspecified atom stereocenters. The number of halogens is 4. The average Bonchev–Trinajstić information content (AvgIpc) is 3.02. The van der Waals surface area contributed by atoms with Crippen molar-refractivity contribution in [2.75, 3.05) is 11.9 Å². The van der Waals surface area contributed by atoms with Gasteiger partial charge in [-0.2, -0.15) is 21.6 Å². The number of hydrogen-bond donors (Lipinski definition) is 0. The molecule has 1 aliphatic heterocycles. The maximum Gasteiger partial charge on any atom is 0.534 e. The van der Waals surface area contributed by atoms with Crippen LogP contribution in [0.1, 0.15) is 32.3 Å². The molecule has 1 aliphatic carbocycles. The lowest BCUT2D eigenvalue weighted by Gasteiger charge is -2.23. The molecule has 2 aliphatic rings. The van der Waals surface area contributed by atoms with Gasteiger partial charge in [0.2, 0.25) is 0 Å². The van der Waals surface area contributed by atoms with E-state index in [0.717, 1.165) is 16.9 Å². The molecule has 0 spiro atoms. The number of nitrogens with zero attached hydrogens (tertiary/aromatic N) is 1. The quantitative estimate of drug-likeness (QED) is 0.477. The summed E-state index contributed by atoms with van der Waals surface area (Å²) >= 11 is 6.09. The zero-order valence-electron chi connectivity index (χ0n) is 15.5. The highest BCUT2D eigenvalue weighted by atomic mass is 35.5. The Hall–Kier alpha value is -1.93. The molecule has 1 heterocycles. The van der Waals surface area contributed by atoms with Crippen LogP contribution in [0.4, 0.5) is 18.9 Å². The molecule has 0 bridgehead atoms. The first-order chi connectivity index (χ1) is 12.9. The van der Waals surface area contributed by atoms with Crippen molar-refractivity contribution in [3.8, 4) is 0 Å². The van der Waals surface area contributed by atoms with Crippen LogP contribution in [0.3, 0.4) is 0 Å². The zero-order valence-corrected chi connectivity index (χ0v) is 17.0. The first-order valence-corrected chi connectivity index (χ1v) is 10.3. The van der Waals surface area contributed by atoms with Crippen LogP contribution in [0.5, 0.6) is 0 Å². The van der Waals surface area contributed by atoms with Crippen LogP contribution in [0.15, 0.2) is 58.5 Å². The molecule has 28 heavy (non-hydrogen) atoms. The summed E-state index contributed by atoms with van der Waals surface area (Å²) in [5.41, 5.74) is -2.00. The molecule has 1 aromatic carbocycles. The summed E-state index contributed by atoms with van der Waals surface area (Å²) in [6, 6.07) is 7.99. The van der Waals surface area contributed by atoms with Crippen LogP contribution >= 0.6 is 11.6 Å². The predicted molar refractivity (Wildman–Crippen MR) is 102 cm³/mol. The number of anilines is 1. The van der Waals surface area contributed by atoms with Gasteiger partial charge in [-0.1, -0.05) is 49.7 Å². The molecule has 3 rings (SSSR count). The fourth-order valence-corrected chi connectivity index (χ4v) is 4.40. The number of allylic oxidation sites excluding steroid dienone is 6. The van der Waals surface area contributed by atoms with Crippen molar-refractivity contribution in [1.29, 1.82) is 0 Å². The highest BCUT2D eigenvalue weighted by Gasteiger charge is 2.49. The summed E-state index contributed by atoms with van der Waals surface area (Å²) < 4.78 is 64.2. The van der Waals surface area contributed by atoms with Gasteiger partial charge in [0.25, 0.3) is 0 Å². The Balaban J connectivity index is 1.91. The molecule has 0 fully saturated rings. The van der Waals surface area contributed by atoms with E-state index in [1.54, 1.807) is 6.08 Å².